The molecule has 1 aliphatic rings. The lowest BCUT2D eigenvalue weighted by Crippen LogP contribution is -2.48. The number of hydrogen-bond donors (Lipinski definition) is 1. The molecular weight excluding hydrogens is 340 g/mol. The van der Waals surface area contributed by atoms with E-state index in [0.29, 0.717) is 5.56 Å². The van der Waals surface area contributed by atoms with Gasteiger partial charge >= 0.3 is 12.1 Å². The fourth-order valence-electron chi connectivity index (χ4n) is 3.08. The number of hydrogen-bond acceptors (Lipinski definition) is 5. The molecule has 1 aliphatic heterocycles. The van der Waals surface area contributed by atoms with Crippen LogP contribution in [0, 0.1) is 15.5 Å². The average Bonchev–Trinajstić information content (AvgIpc) is 2.54. The molecule has 0 radical (unpaired) electrons. The van der Waals surface area contributed by atoms with Crippen LogP contribution >= 0.6 is 0 Å². The van der Waals surface area contributed by atoms with Crippen LogP contribution in [0.4, 0.5) is 10.5 Å². The lowest BCUT2D eigenvalue weighted by Gasteiger charge is -2.39. The zero-order valence-electron chi connectivity index (χ0n) is 15.2. The highest BCUT2D eigenvalue weighted by atomic mass is 16.6. The molecule has 2 rings (SSSR count). The molecule has 1 amide bonds. The van der Waals surface area contributed by atoms with Crippen LogP contribution in [0.15, 0.2) is 24.3 Å². The molecule has 1 heterocycles. The molecule has 8 heteroatoms. The zero-order valence-corrected chi connectivity index (χ0v) is 15.2. The van der Waals surface area contributed by atoms with E-state index in [-0.39, 0.29) is 38.0 Å². The van der Waals surface area contributed by atoms with Crippen molar-refractivity contribution in [1.82, 2.24) is 4.90 Å². The molecule has 0 saturated carbocycles. The number of benzene rings is 1. The number of piperidine rings is 1. The molecule has 26 heavy (non-hydrogen) atoms. The Hall–Kier alpha value is -2.64. The van der Waals surface area contributed by atoms with Crippen molar-refractivity contribution in [2.24, 2.45) is 5.41 Å². The summed E-state index contributed by atoms with van der Waals surface area (Å²) in [6, 6.07) is 6.03. The van der Waals surface area contributed by atoms with Gasteiger partial charge in [0.05, 0.1) is 10.3 Å². The summed E-state index contributed by atoms with van der Waals surface area (Å²) in [6.45, 7) is 5.88. The van der Waals surface area contributed by atoms with E-state index in [0.717, 1.165) is 0 Å². The Balaban J connectivity index is 2.11. The van der Waals surface area contributed by atoms with E-state index < -0.39 is 28.0 Å². The number of carbonyl (C=O) groups excluding carboxylic acids is 1. The summed E-state index contributed by atoms with van der Waals surface area (Å²) in [5, 5.41) is 20.7. The normalized spacial score (nSPS) is 16.8. The fraction of sp³-hybridized carbons (Fsp3) is 0.556. The number of non-ortho nitro benzene ring substituents is 1. The summed E-state index contributed by atoms with van der Waals surface area (Å²) >= 11 is 0. The van der Waals surface area contributed by atoms with Crippen LogP contribution in [-0.4, -0.2) is 45.7 Å². The number of likely N-dealkylation sites (tertiary alicyclic amines) is 1. The third-order valence-electron chi connectivity index (χ3n) is 4.49. The second-order valence-electron chi connectivity index (χ2n) is 7.66. The van der Waals surface area contributed by atoms with Crippen LogP contribution in [0.5, 0.6) is 0 Å². The molecule has 1 aromatic rings. The van der Waals surface area contributed by atoms with Gasteiger partial charge in [-0.25, -0.2) is 4.79 Å². The Kier molecular flexibility index (Phi) is 5.53. The molecule has 0 atom stereocenters. The summed E-state index contributed by atoms with van der Waals surface area (Å²) in [7, 11) is 0. The first kappa shape index (κ1) is 19.7. The largest absolute Gasteiger partial charge is 0.481 e. The molecule has 0 unspecified atom stereocenters. The highest BCUT2D eigenvalue weighted by Crippen LogP contribution is 2.36. The Labute approximate surface area is 151 Å². The third-order valence-corrected chi connectivity index (χ3v) is 4.49. The quantitative estimate of drug-likeness (QED) is 0.649. The number of nitrogens with zero attached hydrogens (tertiary/aromatic N) is 2. The monoisotopic (exact) mass is 364 g/mol. The summed E-state index contributed by atoms with van der Waals surface area (Å²) in [6.07, 6.45) is 0.271. The Bertz CT molecular complexity index is 702. The van der Waals surface area contributed by atoms with Crippen molar-refractivity contribution in [1.29, 1.82) is 0 Å². The molecule has 142 valence electrons. The second kappa shape index (κ2) is 7.31. The molecule has 1 N–H and O–H groups in total. The van der Waals surface area contributed by atoms with Gasteiger partial charge in [-0.2, -0.15) is 0 Å². The van der Waals surface area contributed by atoms with Gasteiger partial charge in [0.25, 0.3) is 5.69 Å². The first-order chi connectivity index (χ1) is 12.0. The second-order valence-corrected chi connectivity index (χ2v) is 7.66. The van der Waals surface area contributed by atoms with Crippen molar-refractivity contribution in [2.75, 3.05) is 13.1 Å². The maximum atomic E-state index is 12.2. The molecule has 1 saturated heterocycles. The minimum atomic E-state index is -1.05. The van der Waals surface area contributed by atoms with Crippen LogP contribution < -0.4 is 0 Å². The maximum absolute atomic E-state index is 12.2. The van der Waals surface area contributed by atoms with Gasteiger partial charge in [0.1, 0.15) is 5.60 Å². The number of nitro groups is 1. The predicted molar refractivity (Wildman–Crippen MR) is 93.9 cm³/mol. The number of carboxylic acid groups (broad SMARTS) is 1. The van der Waals surface area contributed by atoms with Crippen LogP contribution in [0.2, 0.25) is 0 Å². The van der Waals surface area contributed by atoms with Crippen molar-refractivity contribution >= 4 is 17.7 Å². The van der Waals surface area contributed by atoms with Crippen molar-refractivity contribution in [3.63, 3.8) is 0 Å². The lowest BCUT2D eigenvalue weighted by molar-refractivity contribution is -0.384. The number of ether oxygens (including phenoxy) is 1. The number of carbonyl (C=O) groups is 2. The molecule has 0 aliphatic carbocycles. The minimum Gasteiger partial charge on any atom is -0.481 e. The van der Waals surface area contributed by atoms with Gasteiger partial charge in [0, 0.05) is 25.2 Å². The van der Waals surface area contributed by atoms with E-state index >= 15 is 0 Å². The van der Waals surface area contributed by atoms with Crippen molar-refractivity contribution in [3.8, 4) is 0 Å². The van der Waals surface area contributed by atoms with Gasteiger partial charge in [-0.05, 0) is 45.6 Å². The van der Waals surface area contributed by atoms with Crippen molar-refractivity contribution < 1.29 is 24.4 Å². The van der Waals surface area contributed by atoms with E-state index in [9.17, 15) is 24.8 Å². The Morgan fingerprint density at radius 2 is 1.92 bits per heavy atom. The van der Waals surface area contributed by atoms with Gasteiger partial charge in [-0.15, -0.1) is 0 Å². The number of amides is 1. The fourth-order valence-corrected chi connectivity index (χ4v) is 3.08. The molecule has 1 fully saturated rings. The number of nitro benzene ring substituents is 1. The highest BCUT2D eigenvalue weighted by molar-refractivity contribution is 5.76. The van der Waals surface area contributed by atoms with Crippen molar-refractivity contribution in [2.45, 2.75) is 45.6 Å². The summed E-state index contributed by atoms with van der Waals surface area (Å²) < 4.78 is 5.33. The van der Waals surface area contributed by atoms with E-state index in [2.05, 4.69) is 0 Å². The summed E-state index contributed by atoms with van der Waals surface area (Å²) in [5.41, 5.74) is -1.11. The van der Waals surface area contributed by atoms with Crippen LogP contribution in [0.25, 0.3) is 0 Å². The SMILES string of the molecule is CC(C)(C)OC(=O)N1CCC(Cc2cccc([N+](=O)[O-])c2)(C(=O)O)CC1. The Morgan fingerprint density at radius 1 is 1.31 bits per heavy atom. The van der Waals surface area contributed by atoms with Crippen LogP contribution in [0.1, 0.15) is 39.2 Å². The number of rotatable bonds is 4. The topological polar surface area (TPSA) is 110 Å². The van der Waals surface area contributed by atoms with E-state index in [1.807, 2.05) is 0 Å². The van der Waals surface area contributed by atoms with E-state index in [4.69, 9.17) is 4.74 Å². The zero-order chi connectivity index (χ0) is 19.5. The van der Waals surface area contributed by atoms with E-state index in [1.54, 1.807) is 32.9 Å². The Morgan fingerprint density at radius 3 is 2.42 bits per heavy atom. The first-order valence-corrected chi connectivity index (χ1v) is 8.47. The molecule has 0 bridgehead atoms. The van der Waals surface area contributed by atoms with Gasteiger partial charge in [-0.1, -0.05) is 12.1 Å². The van der Waals surface area contributed by atoms with Gasteiger partial charge in [-0.3, -0.25) is 14.9 Å². The summed E-state index contributed by atoms with van der Waals surface area (Å²) in [4.78, 5) is 36.0. The molecule has 8 nitrogen and oxygen atoms in total. The standard InChI is InChI=1S/C18H24N2O6/c1-17(2,3)26-16(23)19-9-7-18(8-10-19,15(21)22)12-13-5-4-6-14(11-13)20(24)25/h4-6,11H,7-10,12H2,1-3H3,(H,21,22). The van der Waals surface area contributed by atoms with Crippen LogP contribution in [-0.2, 0) is 16.0 Å². The molecular formula is C18H24N2O6. The van der Waals surface area contributed by atoms with Gasteiger partial charge < -0.3 is 14.7 Å². The molecule has 0 spiro atoms. The highest BCUT2D eigenvalue weighted by Gasteiger charge is 2.43. The van der Waals surface area contributed by atoms with Crippen LogP contribution in [0.3, 0.4) is 0 Å². The first-order valence-electron chi connectivity index (χ1n) is 8.47. The smallest absolute Gasteiger partial charge is 0.410 e. The van der Waals surface area contributed by atoms with Crippen molar-refractivity contribution in [3.05, 3.63) is 39.9 Å². The number of carboxylic acids is 1. The summed E-state index contributed by atoms with van der Waals surface area (Å²) in [5.74, 6) is -0.951. The molecule has 1 aromatic carbocycles. The van der Waals surface area contributed by atoms with E-state index in [1.165, 1.54) is 17.0 Å². The number of aliphatic carboxylic acids is 1. The average molecular weight is 364 g/mol. The van der Waals surface area contributed by atoms with Gasteiger partial charge in [0.15, 0.2) is 0 Å². The predicted octanol–water partition coefficient (Wildman–Crippen LogP) is 3.24. The lowest BCUT2D eigenvalue weighted by atomic mass is 9.74. The third kappa shape index (κ3) is 4.71. The maximum Gasteiger partial charge on any atom is 0.410 e. The molecule has 0 aromatic heterocycles. The minimum absolute atomic E-state index is 0.0609. The van der Waals surface area contributed by atoms with Gasteiger partial charge in [0.2, 0.25) is 0 Å².